The number of carbonyl (C=O) groups is 3. The number of Topliss-reactive ketones (excluding diaryl/α,β-unsaturated/α-hetero) is 1. The highest BCUT2D eigenvalue weighted by Crippen LogP contribution is 2.52. The minimum absolute atomic E-state index is 0.0199. The smallest absolute Gasteiger partial charge is 0.471 e. The lowest BCUT2D eigenvalue weighted by atomic mass is 9.72. The third-order valence-corrected chi connectivity index (χ3v) is 8.41. The Bertz CT molecular complexity index is 1510. The number of phenolic OH excluding ortho intramolecular Hbond substituents is 2. The molecule has 2 aromatic rings. The van der Waals surface area contributed by atoms with Crippen LogP contribution in [0, 0.1) is 0 Å². The van der Waals surface area contributed by atoms with Crippen LogP contribution < -0.4 is 10.1 Å². The van der Waals surface area contributed by atoms with E-state index in [1.54, 1.807) is 23.5 Å². The third kappa shape index (κ3) is 5.22. The predicted molar refractivity (Wildman–Crippen MR) is 140 cm³/mol. The van der Waals surface area contributed by atoms with E-state index in [0.717, 1.165) is 6.92 Å². The molecule has 1 amide bonds. The predicted octanol–water partition coefficient (Wildman–Crippen LogP) is 2.11. The molecule has 2 aromatic carbocycles. The van der Waals surface area contributed by atoms with Crippen LogP contribution in [-0.2, 0) is 31.9 Å². The second-order valence-electron chi connectivity index (χ2n) is 11.1. The van der Waals surface area contributed by atoms with Gasteiger partial charge in [-0.2, -0.15) is 13.2 Å². The molecule has 11 nitrogen and oxygen atoms in total. The van der Waals surface area contributed by atoms with Crippen molar-refractivity contribution in [2.24, 2.45) is 0 Å². The number of hydrogen-bond donors (Lipinski definition) is 5. The maximum atomic E-state index is 13.7. The van der Waals surface area contributed by atoms with Crippen molar-refractivity contribution in [1.82, 2.24) is 5.32 Å². The number of nitrogens with one attached hydrogen (secondary N) is 1. The highest BCUT2D eigenvalue weighted by atomic mass is 19.4. The fourth-order valence-corrected chi connectivity index (χ4v) is 6.13. The number of hydrogen-bond acceptors (Lipinski definition) is 10. The summed E-state index contributed by atoms with van der Waals surface area (Å²) in [5, 5.41) is 46.4. The van der Waals surface area contributed by atoms with E-state index >= 15 is 0 Å². The first-order valence-corrected chi connectivity index (χ1v) is 13.5. The van der Waals surface area contributed by atoms with Gasteiger partial charge in [0.2, 0.25) is 5.78 Å². The molecule has 6 atom stereocenters. The number of rotatable bonds is 5. The summed E-state index contributed by atoms with van der Waals surface area (Å²) in [5.41, 5.74) is -1.68. The molecular formula is C29H30F3NO10. The van der Waals surface area contributed by atoms with Gasteiger partial charge in [-0.05, 0) is 25.5 Å². The molecule has 0 bridgehead atoms. The number of amides is 1. The molecule has 1 saturated heterocycles. The average molecular weight is 610 g/mol. The Morgan fingerprint density at radius 1 is 1.14 bits per heavy atom. The molecule has 1 heterocycles. The van der Waals surface area contributed by atoms with E-state index < -0.39 is 90.7 Å². The van der Waals surface area contributed by atoms with Crippen LogP contribution in [0.2, 0.25) is 0 Å². The van der Waals surface area contributed by atoms with Gasteiger partial charge >= 0.3 is 12.1 Å². The number of methoxy groups -OCH3 is 1. The molecule has 0 saturated carbocycles. The van der Waals surface area contributed by atoms with Crippen LogP contribution >= 0.6 is 0 Å². The van der Waals surface area contributed by atoms with Gasteiger partial charge < -0.3 is 40.0 Å². The number of halogens is 3. The van der Waals surface area contributed by atoms with Crippen LogP contribution in [0.5, 0.6) is 17.2 Å². The number of aromatic hydroxyl groups is 2. The molecule has 43 heavy (non-hydrogen) atoms. The molecule has 0 spiro atoms. The van der Waals surface area contributed by atoms with Crippen molar-refractivity contribution in [2.45, 2.75) is 82.0 Å². The van der Waals surface area contributed by atoms with Gasteiger partial charge in [0, 0.05) is 42.4 Å². The van der Waals surface area contributed by atoms with Crippen LogP contribution in [0.15, 0.2) is 18.2 Å². The molecule has 0 aromatic heterocycles. The van der Waals surface area contributed by atoms with E-state index in [2.05, 4.69) is 0 Å². The number of alkyl halides is 3. The van der Waals surface area contributed by atoms with Gasteiger partial charge in [0.05, 0.1) is 36.5 Å². The Morgan fingerprint density at radius 3 is 2.47 bits per heavy atom. The number of aliphatic hydroxyl groups is 2. The van der Waals surface area contributed by atoms with E-state index in [4.69, 9.17) is 14.2 Å². The van der Waals surface area contributed by atoms with Crippen molar-refractivity contribution in [3.63, 3.8) is 0 Å². The number of ketones is 2. The number of fused-ring (bicyclic) bond motifs is 3. The SMILES string of the molecule is COc1cccc2c1C(=O)c1c(O)c3c(c(O)c1C2)CC(O)(C(C)=O)C[C@@H]3OC1CC(NC(=O)C(F)(F)F)C(O)C(C)O1. The highest BCUT2D eigenvalue weighted by Gasteiger charge is 2.49. The van der Waals surface area contributed by atoms with Crippen LogP contribution in [-0.4, -0.2) is 81.3 Å². The van der Waals surface area contributed by atoms with Gasteiger partial charge in [0.25, 0.3) is 0 Å². The van der Waals surface area contributed by atoms with Gasteiger partial charge in [-0.15, -0.1) is 0 Å². The average Bonchev–Trinajstić information content (AvgIpc) is 2.92. The zero-order chi connectivity index (χ0) is 31.6. The van der Waals surface area contributed by atoms with Gasteiger partial charge in [-0.3, -0.25) is 14.4 Å². The second kappa shape index (κ2) is 10.8. The van der Waals surface area contributed by atoms with Crippen molar-refractivity contribution in [3.05, 3.63) is 51.6 Å². The molecule has 5 unspecified atom stereocenters. The van der Waals surface area contributed by atoms with Crippen molar-refractivity contribution in [1.29, 1.82) is 0 Å². The first-order valence-electron chi connectivity index (χ1n) is 13.5. The van der Waals surface area contributed by atoms with E-state index in [-0.39, 0.29) is 40.0 Å². The van der Waals surface area contributed by atoms with Crippen LogP contribution in [0.4, 0.5) is 13.2 Å². The molecule has 2 aliphatic carbocycles. The molecule has 1 fully saturated rings. The maximum Gasteiger partial charge on any atom is 0.471 e. The highest BCUT2D eigenvalue weighted by molar-refractivity contribution is 6.16. The molecule has 5 rings (SSSR count). The molecular weight excluding hydrogens is 579 g/mol. The minimum atomic E-state index is -5.21. The van der Waals surface area contributed by atoms with E-state index in [1.807, 2.05) is 0 Å². The van der Waals surface area contributed by atoms with E-state index in [1.165, 1.54) is 14.0 Å². The zero-order valence-electron chi connectivity index (χ0n) is 23.3. The van der Waals surface area contributed by atoms with Crippen molar-refractivity contribution >= 4 is 17.5 Å². The number of carbonyl (C=O) groups excluding carboxylic acids is 3. The Hall–Kier alpha value is -3.72. The first-order chi connectivity index (χ1) is 20.1. The zero-order valence-corrected chi connectivity index (χ0v) is 23.3. The van der Waals surface area contributed by atoms with Gasteiger partial charge in [-0.1, -0.05) is 12.1 Å². The molecule has 5 N–H and O–H groups in total. The number of phenols is 2. The first kappa shape index (κ1) is 30.7. The third-order valence-electron chi connectivity index (χ3n) is 8.41. The summed E-state index contributed by atoms with van der Waals surface area (Å²) in [6, 6.07) is 3.45. The fraction of sp³-hybridized carbons (Fsp3) is 0.483. The lowest BCUT2D eigenvalue weighted by Gasteiger charge is -2.43. The van der Waals surface area contributed by atoms with E-state index in [0.29, 0.717) is 5.56 Å². The van der Waals surface area contributed by atoms with Gasteiger partial charge in [-0.25, -0.2) is 0 Å². The number of aliphatic hydroxyl groups excluding tert-OH is 1. The largest absolute Gasteiger partial charge is 0.507 e. The molecule has 232 valence electrons. The summed E-state index contributed by atoms with van der Waals surface area (Å²) in [6.45, 7) is 2.47. The molecule has 0 radical (unpaired) electrons. The quantitative estimate of drug-likeness (QED) is 0.270. The van der Waals surface area contributed by atoms with Crippen LogP contribution in [0.25, 0.3) is 0 Å². The van der Waals surface area contributed by atoms with Crippen LogP contribution in [0.3, 0.4) is 0 Å². The van der Waals surface area contributed by atoms with Gasteiger partial charge in [0.1, 0.15) is 29.0 Å². The fourth-order valence-electron chi connectivity index (χ4n) is 6.13. The van der Waals surface area contributed by atoms with Crippen molar-refractivity contribution in [2.75, 3.05) is 7.11 Å². The number of ether oxygens (including phenoxy) is 3. The normalized spacial score (nSPS) is 28.4. The van der Waals surface area contributed by atoms with E-state index in [9.17, 15) is 48.0 Å². The lowest BCUT2D eigenvalue weighted by Crippen LogP contribution is -2.57. The van der Waals surface area contributed by atoms with Crippen LogP contribution in [0.1, 0.15) is 71.0 Å². The molecule has 14 heteroatoms. The minimum Gasteiger partial charge on any atom is -0.507 e. The van der Waals surface area contributed by atoms with Gasteiger partial charge in [0.15, 0.2) is 12.1 Å². The Labute approximate surface area is 243 Å². The van der Waals surface area contributed by atoms with Crippen molar-refractivity contribution < 1.29 is 62.2 Å². The lowest BCUT2D eigenvalue weighted by molar-refractivity contribution is -0.250. The summed E-state index contributed by atoms with van der Waals surface area (Å²) in [5.74, 6) is -4.35. The Balaban J connectivity index is 1.57. The molecule has 3 aliphatic rings. The second-order valence-corrected chi connectivity index (χ2v) is 11.1. The summed E-state index contributed by atoms with van der Waals surface area (Å²) in [7, 11) is 1.38. The summed E-state index contributed by atoms with van der Waals surface area (Å²) >= 11 is 0. The topological polar surface area (TPSA) is 172 Å². The summed E-state index contributed by atoms with van der Waals surface area (Å²) in [6.07, 6.45) is -12.0. The summed E-state index contributed by atoms with van der Waals surface area (Å²) in [4.78, 5) is 37.9. The monoisotopic (exact) mass is 609 g/mol. The summed E-state index contributed by atoms with van der Waals surface area (Å²) < 4.78 is 55.7. The molecule has 1 aliphatic heterocycles. The Kier molecular flexibility index (Phi) is 7.70. The standard InChI is InChI=1S/C29H30F3NO10/c1-11-23(35)16(33-27(39)29(30,31)32)8-19(42-11)43-18-10-28(40,12(2)34)9-15-21(18)26(38)22-14(24(15)36)7-13-5-4-6-17(41-3)20(13)25(22)37/h4-6,11,16,18-19,23,35-36,38,40H,7-10H2,1-3H3,(H,33,39)/t11?,16?,18-,19?,23?,28?/m0/s1. The number of benzene rings is 2. The van der Waals surface area contributed by atoms with Crippen molar-refractivity contribution in [3.8, 4) is 17.2 Å². The Morgan fingerprint density at radius 2 is 1.84 bits per heavy atom. The maximum absolute atomic E-state index is 13.7.